The van der Waals surface area contributed by atoms with Gasteiger partial charge in [-0.2, -0.15) is 5.26 Å². The summed E-state index contributed by atoms with van der Waals surface area (Å²) in [7, 11) is 0. The molecular formula is C31H32N6O3S2. The Bertz CT molecular complexity index is 1580. The molecule has 216 valence electrons. The van der Waals surface area contributed by atoms with Gasteiger partial charge >= 0.3 is 6.09 Å². The molecule has 1 aliphatic heterocycles. The van der Waals surface area contributed by atoms with Crippen molar-refractivity contribution in [3.05, 3.63) is 82.2 Å². The van der Waals surface area contributed by atoms with Gasteiger partial charge in [-0.1, -0.05) is 35.6 Å². The van der Waals surface area contributed by atoms with E-state index in [9.17, 15) is 9.59 Å². The number of rotatable bonds is 7. The number of aromatic nitrogens is 1. The van der Waals surface area contributed by atoms with E-state index in [4.69, 9.17) is 10.00 Å². The lowest BCUT2D eigenvalue weighted by Crippen LogP contribution is -2.45. The van der Waals surface area contributed by atoms with Crippen molar-refractivity contribution in [3.63, 3.8) is 0 Å². The van der Waals surface area contributed by atoms with Crippen LogP contribution in [-0.4, -0.2) is 53.7 Å². The molecule has 0 atom stereocenters. The lowest BCUT2D eigenvalue weighted by atomic mass is 10.1. The number of hydrogen-bond acceptors (Lipinski definition) is 9. The zero-order valence-electron chi connectivity index (χ0n) is 23.7. The first-order valence-electron chi connectivity index (χ1n) is 13.6. The van der Waals surface area contributed by atoms with Crippen molar-refractivity contribution >= 4 is 51.2 Å². The third-order valence-corrected chi connectivity index (χ3v) is 8.53. The third kappa shape index (κ3) is 7.53. The second-order valence-electron chi connectivity index (χ2n) is 10.9. The molecule has 1 saturated heterocycles. The summed E-state index contributed by atoms with van der Waals surface area (Å²) in [5, 5.41) is 17.5. The highest BCUT2D eigenvalue weighted by molar-refractivity contribution is 7.17. The van der Waals surface area contributed by atoms with Gasteiger partial charge in [-0.05, 0) is 67.6 Å². The molecule has 2 aromatic carbocycles. The zero-order valence-corrected chi connectivity index (χ0v) is 25.3. The highest BCUT2D eigenvalue weighted by atomic mass is 32.1. The molecule has 2 aromatic heterocycles. The zero-order chi connectivity index (χ0) is 29.7. The van der Waals surface area contributed by atoms with Crippen LogP contribution < -0.4 is 15.5 Å². The molecule has 2 amide bonds. The average molecular weight is 601 g/mol. The van der Waals surface area contributed by atoms with Crippen molar-refractivity contribution in [2.75, 3.05) is 41.7 Å². The summed E-state index contributed by atoms with van der Waals surface area (Å²) in [4.78, 5) is 36.5. The van der Waals surface area contributed by atoms with Gasteiger partial charge in [0.1, 0.15) is 10.5 Å². The molecule has 0 bridgehead atoms. The number of carbonyl (C=O) groups is 2. The first kappa shape index (κ1) is 29.3. The smallest absolute Gasteiger partial charge is 0.412 e. The molecule has 0 spiro atoms. The van der Waals surface area contributed by atoms with Crippen LogP contribution in [0.2, 0.25) is 0 Å². The predicted octanol–water partition coefficient (Wildman–Crippen LogP) is 6.66. The van der Waals surface area contributed by atoms with E-state index < -0.39 is 11.7 Å². The predicted molar refractivity (Wildman–Crippen MR) is 168 cm³/mol. The van der Waals surface area contributed by atoms with Crippen LogP contribution in [0.5, 0.6) is 0 Å². The average Bonchev–Trinajstić information content (AvgIpc) is 3.67. The normalized spacial score (nSPS) is 13.8. The number of nitrogens with zero attached hydrogens (tertiary/aromatic N) is 4. The topological polar surface area (TPSA) is 111 Å². The Morgan fingerprint density at radius 2 is 1.79 bits per heavy atom. The number of nitrogens with one attached hydrogen (secondary N) is 2. The molecular weight excluding hydrogens is 569 g/mol. The maximum Gasteiger partial charge on any atom is 0.412 e. The van der Waals surface area contributed by atoms with Crippen LogP contribution in [-0.2, 0) is 11.3 Å². The molecule has 2 N–H and O–H groups in total. The maximum absolute atomic E-state index is 13.3. The third-order valence-electron chi connectivity index (χ3n) is 6.56. The van der Waals surface area contributed by atoms with E-state index >= 15 is 0 Å². The summed E-state index contributed by atoms with van der Waals surface area (Å²) < 4.78 is 5.42. The van der Waals surface area contributed by atoms with Gasteiger partial charge < -0.3 is 15.0 Å². The molecule has 9 nitrogen and oxygen atoms in total. The minimum absolute atomic E-state index is 0.297. The molecule has 1 fully saturated rings. The molecule has 4 aromatic rings. The Hall–Kier alpha value is -4.24. The fourth-order valence-corrected chi connectivity index (χ4v) is 6.09. The number of ether oxygens (including phenoxy) is 1. The van der Waals surface area contributed by atoms with Crippen LogP contribution >= 0.6 is 22.7 Å². The van der Waals surface area contributed by atoms with Crippen LogP contribution in [0.1, 0.15) is 41.6 Å². The van der Waals surface area contributed by atoms with Gasteiger partial charge in [-0.15, -0.1) is 11.3 Å². The number of thiophene rings is 1. The minimum Gasteiger partial charge on any atom is -0.444 e. The van der Waals surface area contributed by atoms with Crippen molar-refractivity contribution in [2.24, 2.45) is 0 Å². The summed E-state index contributed by atoms with van der Waals surface area (Å²) in [6, 6.07) is 19.4. The summed E-state index contributed by atoms with van der Waals surface area (Å²) in [6.45, 7) is 9.57. The Morgan fingerprint density at radius 1 is 1.02 bits per heavy atom. The van der Waals surface area contributed by atoms with Crippen LogP contribution in [0.15, 0.2) is 66.2 Å². The largest absolute Gasteiger partial charge is 0.444 e. The lowest BCUT2D eigenvalue weighted by molar-refractivity contribution is 0.0635. The number of piperazine rings is 1. The Labute approximate surface area is 253 Å². The van der Waals surface area contributed by atoms with E-state index in [1.54, 1.807) is 44.4 Å². The van der Waals surface area contributed by atoms with Gasteiger partial charge in [0, 0.05) is 37.6 Å². The standard InChI is InChI=1S/C31H32N6O3S2/c1-31(2,3)40-30(39)35-24-11-10-23(26-5-4-16-41-26)17-25(24)34-28(38)27-19-33-29(42-27)37-14-12-36(13-15-37)20-22-8-6-21(18-32)7-9-22/h4-11,16-17,19H,12-15,20H2,1-3H3,(H,34,38)(H,35,39). The lowest BCUT2D eigenvalue weighted by Gasteiger charge is -2.34. The van der Waals surface area contributed by atoms with Crippen molar-refractivity contribution in [2.45, 2.75) is 32.9 Å². The van der Waals surface area contributed by atoms with Crippen molar-refractivity contribution < 1.29 is 14.3 Å². The fraction of sp³-hybridized carbons (Fsp3) is 0.290. The first-order valence-corrected chi connectivity index (χ1v) is 15.3. The molecule has 0 unspecified atom stereocenters. The number of hydrogen-bond donors (Lipinski definition) is 2. The van der Waals surface area contributed by atoms with E-state index in [0.29, 0.717) is 21.8 Å². The Morgan fingerprint density at radius 3 is 2.45 bits per heavy atom. The van der Waals surface area contributed by atoms with Gasteiger partial charge in [0.05, 0.1) is 29.2 Å². The number of carbonyl (C=O) groups excluding carboxylic acids is 2. The summed E-state index contributed by atoms with van der Waals surface area (Å²) in [5.74, 6) is -0.297. The van der Waals surface area contributed by atoms with E-state index in [1.807, 2.05) is 53.9 Å². The van der Waals surface area contributed by atoms with Crippen molar-refractivity contribution in [3.8, 4) is 16.5 Å². The van der Waals surface area contributed by atoms with Crippen molar-refractivity contribution in [1.82, 2.24) is 9.88 Å². The van der Waals surface area contributed by atoms with E-state index in [-0.39, 0.29) is 5.91 Å². The van der Waals surface area contributed by atoms with Gasteiger partial charge in [-0.25, -0.2) is 9.78 Å². The molecule has 0 radical (unpaired) electrons. The van der Waals surface area contributed by atoms with Gasteiger partial charge in [0.15, 0.2) is 5.13 Å². The summed E-state index contributed by atoms with van der Waals surface area (Å²) in [6.07, 6.45) is 1.00. The Balaban J connectivity index is 1.24. The van der Waals surface area contributed by atoms with E-state index in [1.165, 1.54) is 16.9 Å². The number of anilines is 3. The van der Waals surface area contributed by atoms with Crippen LogP contribution in [0.4, 0.5) is 21.3 Å². The molecule has 42 heavy (non-hydrogen) atoms. The monoisotopic (exact) mass is 600 g/mol. The van der Waals surface area contributed by atoms with E-state index in [2.05, 4.69) is 31.5 Å². The number of nitriles is 1. The van der Waals surface area contributed by atoms with E-state index in [0.717, 1.165) is 48.3 Å². The SMILES string of the molecule is CC(C)(C)OC(=O)Nc1ccc(-c2cccs2)cc1NC(=O)c1cnc(N2CCN(Cc3ccc(C#N)cc3)CC2)s1. The second-order valence-corrected chi connectivity index (χ2v) is 12.9. The molecule has 5 rings (SSSR count). The number of benzene rings is 2. The molecule has 0 saturated carbocycles. The Kier molecular flexibility index (Phi) is 8.87. The first-order chi connectivity index (χ1) is 20.2. The molecule has 3 heterocycles. The van der Waals surface area contributed by atoms with Crippen LogP contribution in [0.3, 0.4) is 0 Å². The molecule has 11 heteroatoms. The summed E-state index contributed by atoms with van der Waals surface area (Å²) >= 11 is 2.94. The summed E-state index contributed by atoms with van der Waals surface area (Å²) in [5.41, 5.74) is 3.04. The fourth-order valence-electron chi connectivity index (χ4n) is 4.51. The second kappa shape index (κ2) is 12.7. The van der Waals surface area contributed by atoms with Gasteiger partial charge in [0.2, 0.25) is 0 Å². The maximum atomic E-state index is 13.3. The highest BCUT2D eigenvalue weighted by Gasteiger charge is 2.22. The highest BCUT2D eigenvalue weighted by Crippen LogP contribution is 2.33. The van der Waals surface area contributed by atoms with Crippen LogP contribution in [0, 0.1) is 11.3 Å². The van der Waals surface area contributed by atoms with Crippen LogP contribution in [0.25, 0.3) is 10.4 Å². The molecule has 0 aliphatic carbocycles. The van der Waals surface area contributed by atoms with Gasteiger partial charge in [0.25, 0.3) is 5.91 Å². The van der Waals surface area contributed by atoms with Crippen molar-refractivity contribution in [1.29, 1.82) is 5.26 Å². The van der Waals surface area contributed by atoms with Gasteiger partial charge in [-0.3, -0.25) is 15.0 Å². The minimum atomic E-state index is -0.654. The molecule has 1 aliphatic rings. The quantitative estimate of drug-likeness (QED) is 0.244. The number of thiazole rings is 1. The number of amides is 2.